The number of pyridine rings is 1. The van der Waals surface area contributed by atoms with Crippen LogP contribution < -0.4 is 11.1 Å². The summed E-state index contributed by atoms with van der Waals surface area (Å²) < 4.78 is 8.04. The number of rotatable bonds is 5. The van der Waals surface area contributed by atoms with Crippen LogP contribution in [-0.4, -0.2) is 17.1 Å². The molecule has 118 valence electrons. The van der Waals surface area contributed by atoms with Crippen LogP contribution in [0, 0.1) is 3.57 Å². The van der Waals surface area contributed by atoms with Crippen molar-refractivity contribution in [1.29, 1.82) is 0 Å². The number of amides is 1. The first-order valence-corrected chi connectivity index (χ1v) is 10.5. The molecule has 23 heavy (non-hydrogen) atoms. The Morgan fingerprint density at radius 1 is 1.35 bits per heavy atom. The predicted molar refractivity (Wildman–Crippen MR) is 102 cm³/mol. The number of hydrogen-bond acceptors (Lipinski definition) is 4. The first-order valence-electron chi connectivity index (χ1n) is 6.82. The van der Waals surface area contributed by atoms with Crippen LogP contribution in [0.3, 0.4) is 0 Å². The summed E-state index contributed by atoms with van der Waals surface area (Å²) in [5.41, 5.74) is 7.45. The number of aromatic nitrogens is 1. The number of allylic oxidation sites excluding steroid dienone is 1. The summed E-state index contributed by atoms with van der Waals surface area (Å²) in [5, 5.41) is 3.55. The third-order valence-electron chi connectivity index (χ3n) is 3.21. The maximum absolute atomic E-state index is 11.5. The molecule has 3 rings (SSSR count). The Morgan fingerprint density at radius 2 is 2.17 bits per heavy atom. The molecule has 0 aliphatic carbocycles. The molecule has 1 aromatic heterocycles. The number of nitrogens with two attached hydrogens (primary N) is 1. The fraction of sp³-hybridized carbons (Fsp3) is 0.0625. The Morgan fingerprint density at radius 3 is 2.91 bits per heavy atom. The van der Waals surface area contributed by atoms with Crippen molar-refractivity contribution >= 4 is 49.5 Å². The van der Waals surface area contributed by atoms with E-state index in [2.05, 4.69) is 29.7 Å². The molecular formula is C16H14ClIN4O. The summed E-state index contributed by atoms with van der Waals surface area (Å²) in [7, 11) is 0. The van der Waals surface area contributed by atoms with E-state index in [1.54, 1.807) is 6.07 Å². The van der Waals surface area contributed by atoms with Crippen molar-refractivity contribution in [3.8, 4) is 0 Å². The number of anilines is 1. The molecule has 0 saturated heterocycles. The predicted octanol–water partition coefficient (Wildman–Crippen LogP) is 3.64. The zero-order chi connectivity index (χ0) is 16.2. The van der Waals surface area contributed by atoms with Gasteiger partial charge in [-0.3, -0.25) is 0 Å². The van der Waals surface area contributed by atoms with Gasteiger partial charge in [-0.2, -0.15) is 0 Å². The molecule has 3 N–H and O–H groups in total. The average molecular weight is 441 g/mol. The Balaban J connectivity index is 1.84. The third-order valence-corrected chi connectivity index (χ3v) is 7.68. The second-order valence-corrected chi connectivity index (χ2v) is 9.21. The molecule has 1 aliphatic rings. The van der Waals surface area contributed by atoms with Crippen LogP contribution in [-0.2, 0) is 6.54 Å². The van der Waals surface area contributed by atoms with Crippen molar-refractivity contribution < 1.29 is 4.79 Å². The van der Waals surface area contributed by atoms with E-state index < -0.39 is 26.0 Å². The Hall–Kier alpha value is -1.93. The van der Waals surface area contributed by atoms with Crippen LogP contribution in [0.1, 0.15) is 15.9 Å². The van der Waals surface area contributed by atoms with Crippen LogP contribution in [0.4, 0.5) is 5.69 Å². The monoisotopic (exact) mass is 440 g/mol. The molecule has 7 heteroatoms. The van der Waals surface area contributed by atoms with Gasteiger partial charge in [-0.15, -0.1) is 0 Å². The van der Waals surface area contributed by atoms with Crippen LogP contribution in [0.25, 0.3) is 0 Å². The zero-order valence-electron chi connectivity index (χ0n) is 12.0. The van der Waals surface area contributed by atoms with Crippen molar-refractivity contribution in [3.05, 3.63) is 66.5 Å². The van der Waals surface area contributed by atoms with E-state index in [0.29, 0.717) is 22.9 Å². The minimum absolute atomic E-state index is 0.310. The number of primary amides is 1. The van der Waals surface area contributed by atoms with E-state index >= 15 is 0 Å². The van der Waals surface area contributed by atoms with Gasteiger partial charge in [-0.05, 0) is 0 Å². The Kier molecular flexibility index (Phi) is 4.92. The van der Waals surface area contributed by atoms with Crippen molar-refractivity contribution in [3.63, 3.8) is 0 Å². The van der Waals surface area contributed by atoms with Crippen molar-refractivity contribution in [2.24, 2.45) is 8.94 Å². The van der Waals surface area contributed by atoms with Crippen LogP contribution in [0.2, 0.25) is 5.15 Å². The molecule has 0 unspecified atom stereocenters. The molecular weight excluding hydrogens is 427 g/mol. The van der Waals surface area contributed by atoms with Gasteiger partial charge >= 0.3 is 147 Å². The fourth-order valence-electron chi connectivity index (χ4n) is 2.14. The van der Waals surface area contributed by atoms with E-state index in [4.69, 9.17) is 17.3 Å². The van der Waals surface area contributed by atoms with Crippen molar-refractivity contribution in [2.45, 2.75) is 6.54 Å². The van der Waals surface area contributed by atoms with Gasteiger partial charge in [0.2, 0.25) is 0 Å². The molecule has 0 saturated carbocycles. The normalized spacial score (nSPS) is 14.2. The van der Waals surface area contributed by atoms with Gasteiger partial charge in [0, 0.05) is 0 Å². The quantitative estimate of drug-likeness (QED) is 0.550. The van der Waals surface area contributed by atoms with Gasteiger partial charge in [-0.25, -0.2) is 0 Å². The molecule has 2 aromatic rings. The summed E-state index contributed by atoms with van der Waals surface area (Å²) in [6.07, 6.45) is 5.25. The first-order chi connectivity index (χ1) is 11.1. The maximum atomic E-state index is 11.5. The van der Waals surface area contributed by atoms with Gasteiger partial charge in [0.1, 0.15) is 0 Å². The molecule has 2 heterocycles. The van der Waals surface area contributed by atoms with E-state index in [9.17, 15) is 4.79 Å². The van der Waals surface area contributed by atoms with Gasteiger partial charge in [0.15, 0.2) is 0 Å². The summed E-state index contributed by atoms with van der Waals surface area (Å²) in [4.78, 5) is 15.4. The zero-order valence-corrected chi connectivity index (χ0v) is 15.0. The van der Waals surface area contributed by atoms with E-state index in [1.807, 2.05) is 24.4 Å². The standard InChI is InChI=1S/C16H14ClIN4O/c17-15-8-14(12(10-21-15)16(19)23)20-9-11-4-1-2-5-13(11)18-6-3-7-22-18/h1-8,10H,9H2,(H2,19,23)(H,20,21). The summed E-state index contributed by atoms with van der Waals surface area (Å²) in [6, 6.07) is 9.80. The van der Waals surface area contributed by atoms with Gasteiger partial charge in [0.05, 0.1) is 0 Å². The number of benzene rings is 1. The first kappa shape index (κ1) is 15.9. The number of hydrogen-bond donors (Lipinski definition) is 2. The fourth-order valence-corrected chi connectivity index (χ4v) is 5.94. The molecule has 0 spiro atoms. The van der Waals surface area contributed by atoms with Crippen molar-refractivity contribution in [1.82, 2.24) is 4.98 Å². The molecule has 0 radical (unpaired) electrons. The second kappa shape index (κ2) is 7.10. The Bertz CT molecular complexity index is 794. The number of nitrogens with zero attached hydrogens (tertiary/aromatic N) is 2. The summed E-state index contributed by atoms with van der Waals surface area (Å²) >= 11 is 4.30. The minimum atomic E-state index is -1.61. The molecule has 0 bridgehead atoms. The molecule has 1 aliphatic heterocycles. The molecule has 5 nitrogen and oxygen atoms in total. The number of carbonyl (C=O) groups is 1. The van der Waals surface area contributed by atoms with Crippen LogP contribution in [0.15, 0.2) is 49.9 Å². The van der Waals surface area contributed by atoms with Crippen LogP contribution in [0.5, 0.6) is 0 Å². The third kappa shape index (κ3) is 3.70. The molecule has 1 aromatic carbocycles. The number of halogens is 2. The summed E-state index contributed by atoms with van der Waals surface area (Å²) in [6.45, 7) is 0.564. The van der Waals surface area contributed by atoms with Gasteiger partial charge in [-0.1, -0.05) is 0 Å². The topological polar surface area (TPSA) is 80.4 Å². The molecule has 0 fully saturated rings. The summed E-state index contributed by atoms with van der Waals surface area (Å²) in [5.74, 6) is -0.538. The molecule has 0 atom stereocenters. The SMILES string of the molecule is NC(=O)c1cnc(Cl)cc1NCc1ccccc1I1C=CC=N1. The van der Waals surface area contributed by atoms with E-state index in [0.717, 1.165) is 5.56 Å². The average Bonchev–Trinajstić information content (AvgIpc) is 3.07. The Labute approximate surface area is 146 Å². The van der Waals surface area contributed by atoms with Gasteiger partial charge < -0.3 is 0 Å². The number of nitrogens with one attached hydrogen (secondary N) is 1. The molecule has 1 amide bonds. The van der Waals surface area contributed by atoms with Gasteiger partial charge in [0.25, 0.3) is 0 Å². The second-order valence-electron chi connectivity index (χ2n) is 4.72. The van der Waals surface area contributed by atoms with Crippen molar-refractivity contribution in [2.75, 3.05) is 5.32 Å². The van der Waals surface area contributed by atoms with E-state index in [1.165, 1.54) is 9.77 Å². The van der Waals surface area contributed by atoms with Crippen LogP contribution >= 0.6 is 31.7 Å². The van der Waals surface area contributed by atoms with E-state index in [-0.39, 0.29) is 0 Å². The number of carbonyl (C=O) groups excluding carboxylic acids is 1.